The van der Waals surface area contributed by atoms with Gasteiger partial charge in [0, 0.05) is 43.8 Å². The summed E-state index contributed by atoms with van der Waals surface area (Å²) in [6, 6.07) is 44.7. The molecule has 0 amide bonds. The Kier molecular flexibility index (Phi) is 8.32. The van der Waals surface area contributed by atoms with Crippen molar-refractivity contribution >= 4 is 11.4 Å². The molecule has 0 N–H and O–H groups in total. The lowest BCUT2D eigenvalue weighted by Crippen LogP contribution is -2.08. The van der Waals surface area contributed by atoms with E-state index in [-0.39, 0.29) is 0 Å². The van der Waals surface area contributed by atoms with Gasteiger partial charge in [-0.1, -0.05) is 136 Å². The van der Waals surface area contributed by atoms with Crippen molar-refractivity contribution in [3.63, 3.8) is 0 Å². The molecule has 2 aliphatic heterocycles. The fourth-order valence-corrected chi connectivity index (χ4v) is 8.10. The summed E-state index contributed by atoms with van der Waals surface area (Å²) in [6.07, 6.45) is 6.17. The minimum Gasteiger partial charge on any atom is -0.247 e. The summed E-state index contributed by atoms with van der Waals surface area (Å²) < 4.78 is 0. The molecule has 252 valence electrons. The molecule has 1 aromatic heterocycles. The standard InChI is InChI=1S/C47H39N5/c1-3-5-24-34-35(25-6-4-2)41(47-40(31-20-12-8-13-21-31)44(50-52-51-47)32-22-14-9-15-23-32)43-42-38(49-46(43)39(34)30-18-10-7-11-19-30)29-28-36-33-26-16-17-27-37(33)48-45(36)42/h7-23,26-29H,3-6,24-25H2,1-2H3. The fraction of sp³-hybridized carbons (Fsp3) is 0.170. The minimum atomic E-state index is 0.819. The molecule has 0 radical (unpaired) electrons. The van der Waals surface area contributed by atoms with Crippen molar-refractivity contribution in [1.29, 1.82) is 0 Å². The van der Waals surface area contributed by atoms with Crippen LogP contribution in [0, 0.1) is 10.4 Å². The molecule has 0 spiro atoms. The summed E-state index contributed by atoms with van der Waals surface area (Å²) in [6.45, 7) is 4.55. The summed E-state index contributed by atoms with van der Waals surface area (Å²) in [4.78, 5) is 10.9. The SMILES string of the molecule is CCCCc1c(CCCC)c(-c2nnnc(-c3ccccc3)c2-c2ccccc2)c2c(c1-c1ccccc1)N=c1ccc3c(c1-2)N=c1ccccc1=3. The highest BCUT2D eigenvalue weighted by Gasteiger charge is 2.34. The summed E-state index contributed by atoms with van der Waals surface area (Å²) in [5, 5.41) is 18.6. The van der Waals surface area contributed by atoms with Gasteiger partial charge in [-0.15, -0.1) is 10.2 Å². The van der Waals surface area contributed by atoms with Gasteiger partial charge in [0.15, 0.2) is 0 Å². The molecule has 6 aromatic carbocycles. The Labute approximate surface area is 303 Å². The maximum absolute atomic E-state index is 5.57. The lowest BCUT2D eigenvalue weighted by atomic mass is 9.79. The van der Waals surface area contributed by atoms with Gasteiger partial charge in [0.25, 0.3) is 0 Å². The average molecular weight is 674 g/mol. The van der Waals surface area contributed by atoms with Crippen LogP contribution in [0.15, 0.2) is 137 Å². The van der Waals surface area contributed by atoms with Gasteiger partial charge in [-0.3, -0.25) is 0 Å². The van der Waals surface area contributed by atoms with Crippen molar-refractivity contribution in [2.75, 3.05) is 0 Å². The molecule has 5 nitrogen and oxygen atoms in total. The molecular formula is C47H39N5. The van der Waals surface area contributed by atoms with E-state index >= 15 is 0 Å². The van der Waals surface area contributed by atoms with Crippen molar-refractivity contribution in [3.05, 3.63) is 160 Å². The molecule has 5 heteroatoms. The molecule has 0 aliphatic carbocycles. The first-order chi connectivity index (χ1) is 25.8. The summed E-state index contributed by atoms with van der Waals surface area (Å²) in [7, 11) is 0. The largest absolute Gasteiger partial charge is 0.247 e. The summed E-state index contributed by atoms with van der Waals surface area (Å²) in [5.74, 6) is 0. The van der Waals surface area contributed by atoms with Crippen LogP contribution in [0.1, 0.15) is 50.7 Å². The van der Waals surface area contributed by atoms with Gasteiger partial charge in [0.1, 0.15) is 11.4 Å². The second-order valence-corrected chi connectivity index (χ2v) is 13.7. The molecule has 0 atom stereocenters. The third-order valence-electron chi connectivity index (χ3n) is 10.5. The number of para-hydroxylation sites is 1. The topological polar surface area (TPSA) is 63.4 Å². The Bertz CT molecular complexity index is 2690. The molecule has 0 saturated heterocycles. The Hall–Kier alpha value is -6.07. The number of aromatic nitrogens is 3. The van der Waals surface area contributed by atoms with E-state index in [2.05, 4.69) is 140 Å². The highest BCUT2D eigenvalue weighted by Crippen LogP contribution is 2.55. The molecular weight excluding hydrogens is 635 g/mol. The van der Waals surface area contributed by atoms with Crippen molar-refractivity contribution in [3.8, 4) is 55.9 Å². The number of hydrogen-bond donors (Lipinski definition) is 0. The number of fused-ring (bicyclic) bond motifs is 6. The van der Waals surface area contributed by atoms with Gasteiger partial charge >= 0.3 is 0 Å². The molecule has 3 heterocycles. The second kappa shape index (κ2) is 13.6. The average Bonchev–Trinajstić information content (AvgIpc) is 3.78. The van der Waals surface area contributed by atoms with Crippen LogP contribution in [0.3, 0.4) is 0 Å². The van der Waals surface area contributed by atoms with Crippen molar-refractivity contribution < 1.29 is 0 Å². The van der Waals surface area contributed by atoms with Crippen LogP contribution < -0.4 is 10.7 Å². The first kappa shape index (κ1) is 31.9. The van der Waals surface area contributed by atoms with E-state index in [1.165, 1.54) is 22.3 Å². The fourth-order valence-electron chi connectivity index (χ4n) is 8.10. The smallest absolute Gasteiger partial charge is 0.106 e. The van der Waals surface area contributed by atoms with Crippen LogP contribution in [-0.4, -0.2) is 15.4 Å². The highest BCUT2D eigenvalue weighted by atomic mass is 15.3. The van der Waals surface area contributed by atoms with E-state index in [4.69, 9.17) is 20.2 Å². The molecule has 0 unspecified atom stereocenters. The van der Waals surface area contributed by atoms with Crippen LogP contribution in [0.25, 0.3) is 55.9 Å². The Balaban J connectivity index is 1.49. The van der Waals surface area contributed by atoms with Gasteiger partial charge in [-0.05, 0) is 71.3 Å². The van der Waals surface area contributed by atoms with Crippen LogP contribution in [0.2, 0.25) is 0 Å². The molecule has 0 bridgehead atoms. The predicted octanol–water partition coefficient (Wildman–Crippen LogP) is 10.7. The summed E-state index contributed by atoms with van der Waals surface area (Å²) >= 11 is 0. The number of benzene rings is 6. The van der Waals surface area contributed by atoms with Gasteiger partial charge in [-0.2, -0.15) is 0 Å². The van der Waals surface area contributed by atoms with Gasteiger partial charge < -0.3 is 0 Å². The third-order valence-corrected chi connectivity index (χ3v) is 10.5. The van der Waals surface area contributed by atoms with E-state index in [9.17, 15) is 0 Å². The number of nitrogens with zero attached hydrogens (tertiary/aromatic N) is 5. The quantitative estimate of drug-likeness (QED) is 0.145. The maximum atomic E-state index is 5.57. The van der Waals surface area contributed by atoms with Crippen molar-refractivity contribution in [1.82, 2.24) is 15.4 Å². The monoisotopic (exact) mass is 673 g/mol. The molecule has 7 aromatic rings. The zero-order valence-electron chi connectivity index (χ0n) is 29.6. The van der Waals surface area contributed by atoms with E-state index < -0.39 is 0 Å². The Morgan fingerprint density at radius 3 is 1.63 bits per heavy atom. The van der Waals surface area contributed by atoms with Crippen LogP contribution in [-0.2, 0) is 12.8 Å². The van der Waals surface area contributed by atoms with Crippen molar-refractivity contribution in [2.24, 2.45) is 9.98 Å². The van der Waals surface area contributed by atoms with E-state index in [0.29, 0.717) is 0 Å². The minimum absolute atomic E-state index is 0.819. The summed E-state index contributed by atoms with van der Waals surface area (Å²) in [5.41, 5.74) is 15.1. The molecule has 52 heavy (non-hydrogen) atoms. The Morgan fingerprint density at radius 1 is 0.404 bits per heavy atom. The van der Waals surface area contributed by atoms with E-state index in [1.54, 1.807) is 0 Å². The molecule has 0 saturated carbocycles. The molecule has 2 aliphatic rings. The van der Waals surface area contributed by atoms with Gasteiger partial charge in [0.2, 0.25) is 0 Å². The predicted molar refractivity (Wildman–Crippen MR) is 210 cm³/mol. The van der Waals surface area contributed by atoms with Crippen molar-refractivity contribution in [2.45, 2.75) is 52.4 Å². The lowest BCUT2D eigenvalue weighted by molar-refractivity contribution is 0.759. The first-order valence-electron chi connectivity index (χ1n) is 18.6. The lowest BCUT2D eigenvalue weighted by Gasteiger charge is -2.25. The molecule has 9 rings (SSSR count). The highest BCUT2D eigenvalue weighted by molar-refractivity contribution is 6.07. The van der Waals surface area contributed by atoms with Gasteiger partial charge in [-0.25, -0.2) is 9.98 Å². The Morgan fingerprint density at radius 2 is 0.962 bits per heavy atom. The number of rotatable bonds is 10. The molecule has 0 fully saturated rings. The van der Waals surface area contributed by atoms with E-state index in [0.717, 1.165) is 116 Å². The zero-order chi connectivity index (χ0) is 35.0. The maximum Gasteiger partial charge on any atom is 0.106 e. The third kappa shape index (κ3) is 5.27. The normalized spacial score (nSPS) is 12.0. The number of hydrogen-bond acceptors (Lipinski definition) is 5. The zero-order valence-corrected chi connectivity index (χ0v) is 29.6. The van der Waals surface area contributed by atoms with Gasteiger partial charge in [0.05, 0.1) is 22.1 Å². The first-order valence-corrected chi connectivity index (χ1v) is 18.6. The van der Waals surface area contributed by atoms with Crippen LogP contribution in [0.4, 0.5) is 11.4 Å². The van der Waals surface area contributed by atoms with E-state index in [1.807, 2.05) is 6.07 Å². The van der Waals surface area contributed by atoms with Crippen LogP contribution >= 0.6 is 0 Å². The van der Waals surface area contributed by atoms with Crippen LogP contribution in [0.5, 0.6) is 0 Å². The number of unbranched alkanes of at least 4 members (excludes halogenated alkanes) is 2. The second-order valence-electron chi connectivity index (χ2n) is 13.7.